The Hall–Kier alpha value is -2.63. The van der Waals surface area contributed by atoms with E-state index in [-0.39, 0.29) is 12.1 Å². The largest absolute Gasteiger partial charge is 0.335 e. The smallest absolute Gasteiger partial charge is 0.321 e. The lowest BCUT2D eigenvalue weighted by atomic mass is 9.90. The molecule has 0 aliphatic heterocycles. The number of carbonyl (C=O) groups excluding carboxylic acids is 2. The van der Waals surface area contributed by atoms with Crippen molar-refractivity contribution in [3.63, 3.8) is 0 Å². The molecule has 2 aliphatic carbocycles. The van der Waals surface area contributed by atoms with Gasteiger partial charge in [-0.1, -0.05) is 37.5 Å². The second-order valence-electron chi connectivity index (χ2n) is 7.95. The molecule has 1 aromatic carbocycles. The number of fused-ring (bicyclic) bond motifs is 1. The summed E-state index contributed by atoms with van der Waals surface area (Å²) in [5.74, 6) is 0. The molecule has 0 saturated heterocycles. The van der Waals surface area contributed by atoms with Gasteiger partial charge in [0.2, 0.25) is 0 Å². The molecule has 2 aliphatic rings. The van der Waals surface area contributed by atoms with Crippen LogP contribution >= 0.6 is 0 Å². The molecule has 4 rings (SSSR count). The number of hydrogen-bond acceptors (Lipinski definition) is 3. The number of anilines is 1. The van der Waals surface area contributed by atoms with Gasteiger partial charge in [0.05, 0.1) is 6.04 Å². The van der Waals surface area contributed by atoms with Gasteiger partial charge in [-0.2, -0.15) is 5.10 Å². The minimum absolute atomic E-state index is 0.0221. The fourth-order valence-corrected chi connectivity index (χ4v) is 4.56. The predicted molar refractivity (Wildman–Crippen MR) is 109 cm³/mol. The van der Waals surface area contributed by atoms with Crippen molar-refractivity contribution in [2.45, 2.75) is 63.5 Å². The predicted octanol–water partition coefficient (Wildman–Crippen LogP) is 3.90. The first kappa shape index (κ1) is 18.7. The summed E-state index contributed by atoms with van der Waals surface area (Å²) in [6.07, 6.45) is 9.33. The number of nitrogens with one attached hydrogen (secondary N) is 1. The lowest BCUT2D eigenvalue weighted by Crippen LogP contribution is -2.45. The van der Waals surface area contributed by atoms with E-state index < -0.39 is 0 Å². The van der Waals surface area contributed by atoms with Gasteiger partial charge in [0.15, 0.2) is 6.29 Å². The van der Waals surface area contributed by atoms with Crippen LogP contribution in [-0.2, 0) is 12.8 Å². The standard InChI is InChI=1S/C22H28N4O2/c1-25(17-8-4-2-5-9-17)22(28)23-16-12-13-21-19(14-16)20(15-27)24-26(21)18-10-6-3-7-11-18/h2,4-5,8-9,15-16,18H,3,6-7,10-14H2,1H3,(H,23,28). The van der Waals surface area contributed by atoms with E-state index in [0.29, 0.717) is 18.2 Å². The summed E-state index contributed by atoms with van der Waals surface area (Å²) in [7, 11) is 1.77. The molecule has 1 aromatic heterocycles. The van der Waals surface area contributed by atoms with E-state index in [1.165, 1.54) is 25.0 Å². The summed E-state index contributed by atoms with van der Waals surface area (Å²) in [6, 6.07) is 9.92. The maximum absolute atomic E-state index is 12.7. The van der Waals surface area contributed by atoms with Gasteiger partial charge >= 0.3 is 6.03 Å². The van der Waals surface area contributed by atoms with E-state index in [2.05, 4.69) is 15.1 Å². The molecule has 1 N–H and O–H groups in total. The van der Waals surface area contributed by atoms with Gasteiger partial charge in [0.1, 0.15) is 5.69 Å². The molecule has 0 radical (unpaired) electrons. The van der Waals surface area contributed by atoms with Crippen molar-refractivity contribution in [1.82, 2.24) is 15.1 Å². The van der Waals surface area contributed by atoms with E-state index in [1.54, 1.807) is 11.9 Å². The maximum atomic E-state index is 12.7. The van der Waals surface area contributed by atoms with Gasteiger partial charge in [0.25, 0.3) is 0 Å². The van der Waals surface area contributed by atoms with Gasteiger partial charge < -0.3 is 5.32 Å². The zero-order valence-electron chi connectivity index (χ0n) is 16.4. The maximum Gasteiger partial charge on any atom is 0.321 e. The quantitative estimate of drug-likeness (QED) is 0.818. The van der Waals surface area contributed by atoms with E-state index >= 15 is 0 Å². The minimum Gasteiger partial charge on any atom is -0.335 e. The summed E-state index contributed by atoms with van der Waals surface area (Å²) in [6.45, 7) is 0. The number of benzene rings is 1. The van der Waals surface area contributed by atoms with Crippen molar-refractivity contribution in [2.24, 2.45) is 0 Å². The first-order valence-electron chi connectivity index (χ1n) is 10.3. The van der Waals surface area contributed by atoms with Gasteiger partial charge in [-0.3, -0.25) is 14.4 Å². The van der Waals surface area contributed by atoms with Gasteiger partial charge in [-0.15, -0.1) is 0 Å². The van der Waals surface area contributed by atoms with Crippen LogP contribution in [0, 0.1) is 0 Å². The summed E-state index contributed by atoms with van der Waals surface area (Å²) in [5, 5.41) is 7.79. The molecule has 28 heavy (non-hydrogen) atoms. The third-order valence-electron chi connectivity index (χ3n) is 6.14. The van der Waals surface area contributed by atoms with Gasteiger partial charge in [0, 0.05) is 30.0 Å². The molecule has 2 aromatic rings. The molecule has 0 bridgehead atoms. The fraction of sp³-hybridized carbons (Fsp3) is 0.500. The number of para-hydroxylation sites is 1. The number of hydrogen-bond donors (Lipinski definition) is 1. The normalized spacial score (nSPS) is 19.7. The molecule has 1 unspecified atom stereocenters. The topological polar surface area (TPSA) is 67.2 Å². The second-order valence-corrected chi connectivity index (χ2v) is 7.95. The SMILES string of the molecule is CN(C(=O)NC1CCc2c(c(C=O)nn2C2CCCCC2)C1)c1ccccc1. The fourth-order valence-electron chi connectivity index (χ4n) is 4.56. The third-order valence-corrected chi connectivity index (χ3v) is 6.14. The number of urea groups is 1. The minimum atomic E-state index is -0.119. The third kappa shape index (κ3) is 3.68. The molecule has 148 valence electrons. The van der Waals surface area contributed by atoms with Crippen LogP contribution in [0.3, 0.4) is 0 Å². The summed E-state index contributed by atoms with van der Waals surface area (Å²) >= 11 is 0. The monoisotopic (exact) mass is 380 g/mol. The average Bonchev–Trinajstić information content (AvgIpc) is 3.12. The molecule has 1 heterocycles. The molecule has 1 fully saturated rings. The van der Waals surface area contributed by atoms with Crippen LogP contribution in [0.4, 0.5) is 10.5 Å². The van der Waals surface area contributed by atoms with Crippen LogP contribution in [-0.4, -0.2) is 35.2 Å². The number of nitrogens with zero attached hydrogens (tertiary/aromatic N) is 3. The second kappa shape index (κ2) is 8.17. The van der Waals surface area contributed by atoms with Crippen LogP contribution in [0.15, 0.2) is 30.3 Å². The van der Waals surface area contributed by atoms with Crippen molar-refractivity contribution >= 4 is 18.0 Å². The van der Waals surface area contributed by atoms with Gasteiger partial charge in [-0.25, -0.2) is 4.79 Å². The highest BCUT2D eigenvalue weighted by molar-refractivity contribution is 5.91. The Labute approximate surface area is 165 Å². The zero-order valence-corrected chi connectivity index (χ0v) is 16.4. The van der Waals surface area contributed by atoms with Crippen LogP contribution < -0.4 is 10.2 Å². The highest BCUT2D eigenvalue weighted by Crippen LogP contribution is 2.33. The van der Waals surface area contributed by atoms with Crippen molar-refractivity contribution in [2.75, 3.05) is 11.9 Å². The molecular weight excluding hydrogens is 352 g/mol. The molecule has 1 saturated carbocycles. The zero-order chi connectivity index (χ0) is 19.5. The van der Waals surface area contributed by atoms with E-state index in [0.717, 1.165) is 43.2 Å². The van der Waals surface area contributed by atoms with E-state index in [1.807, 2.05) is 30.3 Å². The molecule has 2 amide bonds. The Kier molecular flexibility index (Phi) is 5.46. The van der Waals surface area contributed by atoms with Crippen LogP contribution in [0.2, 0.25) is 0 Å². The summed E-state index contributed by atoms with van der Waals surface area (Å²) in [5.41, 5.74) is 3.64. The first-order chi connectivity index (χ1) is 13.7. The van der Waals surface area contributed by atoms with Crippen LogP contribution in [0.25, 0.3) is 0 Å². The van der Waals surface area contributed by atoms with Crippen molar-refractivity contribution in [3.05, 3.63) is 47.3 Å². The number of carbonyl (C=O) groups is 2. The van der Waals surface area contributed by atoms with E-state index in [9.17, 15) is 9.59 Å². The van der Waals surface area contributed by atoms with Crippen LogP contribution in [0.1, 0.15) is 66.3 Å². The number of aldehydes is 1. The number of amides is 2. The Bertz CT molecular complexity index is 840. The van der Waals surface area contributed by atoms with Crippen LogP contribution in [0.5, 0.6) is 0 Å². The molecule has 6 nitrogen and oxygen atoms in total. The molecule has 6 heteroatoms. The Morgan fingerprint density at radius 3 is 2.64 bits per heavy atom. The lowest BCUT2D eigenvalue weighted by Gasteiger charge is -2.29. The first-order valence-corrected chi connectivity index (χ1v) is 10.3. The summed E-state index contributed by atoms with van der Waals surface area (Å²) < 4.78 is 2.13. The average molecular weight is 380 g/mol. The number of aromatic nitrogens is 2. The van der Waals surface area contributed by atoms with Crippen molar-refractivity contribution in [1.29, 1.82) is 0 Å². The molecule has 1 atom stereocenters. The Morgan fingerprint density at radius 1 is 1.18 bits per heavy atom. The van der Waals surface area contributed by atoms with E-state index in [4.69, 9.17) is 0 Å². The Morgan fingerprint density at radius 2 is 1.93 bits per heavy atom. The molecule has 0 spiro atoms. The van der Waals surface area contributed by atoms with Crippen molar-refractivity contribution < 1.29 is 9.59 Å². The Balaban J connectivity index is 1.48. The van der Waals surface area contributed by atoms with Gasteiger partial charge in [-0.05, 0) is 44.2 Å². The lowest BCUT2D eigenvalue weighted by molar-refractivity contribution is 0.111. The highest BCUT2D eigenvalue weighted by Gasteiger charge is 2.30. The summed E-state index contributed by atoms with van der Waals surface area (Å²) in [4.78, 5) is 25.9. The molecular formula is C22H28N4O2. The highest BCUT2D eigenvalue weighted by atomic mass is 16.2. The number of rotatable bonds is 4. The van der Waals surface area contributed by atoms with Crippen molar-refractivity contribution in [3.8, 4) is 0 Å².